The van der Waals surface area contributed by atoms with Gasteiger partial charge in [0.25, 0.3) is 0 Å². The topological polar surface area (TPSA) is 67.4 Å². The number of halogens is 2. The maximum absolute atomic E-state index is 13.5. The Morgan fingerprint density at radius 1 is 1.21 bits per heavy atom. The van der Waals surface area contributed by atoms with Gasteiger partial charge in [0.2, 0.25) is 11.8 Å². The Labute approximate surface area is 136 Å². The third-order valence-corrected chi connectivity index (χ3v) is 3.47. The molecule has 7 heteroatoms. The van der Waals surface area contributed by atoms with Crippen LogP contribution in [0.15, 0.2) is 36.4 Å². The molecule has 5 nitrogen and oxygen atoms in total. The summed E-state index contributed by atoms with van der Waals surface area (Å²) in [5.74, 6) is -1.64. The first-order valence-electron chi connectivity index (χ1n) is 7.32. The number of anilines is 2. The van der Waals surface area contributed by atoms with Gasteiger partial charge in [0.1, 0.15) is 17.4 Å². The molecule has 0 saturated heterocycles. The van der Waals surface area contributed by atoms with E-state index in [-0.39, 0.29) is 24.4 Å². The van der Waals surface area contributed by atoms with Crippen molar-refractivity contribution >= 4 is 23.2 Å². The van der Waals surface area contributed by atoms with Crippen LogP contribution in [0.3, 0.4) is 0 Å². The van der Waals surface area contributed by atoms with E-state index in [0.717, 1.165) is 12.1 Å². The number of ether oxygens (including phenoxy) is 1. The standard InChI is InChI=1S/C17H14F2N2O3/c18-11-2-3-13(12(19)9-11)20-17(23)8-10-1-4-15-14(7-10)21-16(22)5-6-24-15/h1-4,7,9H,5-6,8H2,(H,20,23)(H,21,22). The SMILES string of the molecule is O=C(Cc1ccc2c(c1)NC(=O)CCO2)Nc1ccc(F)cc1F. The molecular formula is C17H14F2N2O3. The molecule has 2 amide bonds. The number of benzene rings is 2. The van der Waals surface area contributed by atoms with Crippen LogP contribution in [-0.4, -0.2) is 18.4 Å². The zero-order valence-electron chi connectivity index (χ0n) is 12.6. The molecule has 0 aliphatic carbocycles. The van der Waals surface area contributed by atoms with Crippen LogP contribution in [0.25, 0.3) is 0 Å². The van der Waals surface area contributed by atoms with Gasteiger partial charge in [-0.25, -0.2) is 8.78 Å². The second-order valence-corrected chi connectivity index (χ2v) is 5.33. The predicted molar refractivity (Wildman–Crippen MR) is 83.9 cm³/mol. The number of fused-ring (bicyclic) bond motifs is 1. The van der Waals surface area contributed by atoms with Crippen LogP contribution in [0.1, 0.15) is 12.0 Å². The van der Waals surface area contributed by atoms with Crippen LogP contribution in [0, 0.1) is 11.6 Å². The lowest BCUT2D eigenvalue weighted by Crippen LogP contribution is -2.16. The number of hydrogen-bond acceptors (Lipinski definition) is 3. The highest BCUT2D eigenvalue weighted by atomic mass is 19.1. The zero-order valence-corrected chi connectivity index (χ0v) is 12.6. The van der Waals surface area contributed by atoms with Gasteiger partial charge in [0, 0.05) is 6.07 Å². The molecule has 124 valence electrons. The first-order valence-corrected chi connectivity index (χ1v) is 7.32. The van der Waals surface area contributed by atoms with Gasteiger partial charge in [-0.15, -0.1) is 0 Å². The van der Waals surface area contributed by atoms with Crippen molar-refractivity contribution in [3.8, 4) is 5.75 Å². The minimum Gasteiger partial charge on any atom is -0.491 e. The van der Waals surface area contributed by atoms with Crippen molar-refractivity contribution in [3.63, 3.8) is 0 Å². The van der Waals surface area contributed by atoms with Crippen molar-refractivity contribution in [3.05, 3.63) is 53.6 Å². The molecule has 0 bridgehead atoms. The van der Waals surface area contributed by atoms with Gasteiger partial charge in [-0.2, -0.15) is 0 Å². The van der Waals surface area contributed by atoms with Crippen molar-refractivity contribution < 1.29 is 23.1 Å². The highest BCUT2D eigenvalue weighted by Crippen LogP contribution is 2.28. The first kappa shape index (κ1) is 15.9. The summed E-state index contributed by atoms with van der Waals surface area (Å²) in [7, 11) is 0. The second-order valence-electron chi connectivity index (χ2n) is 5.33. The molecule has 0 saturated carbocycles. The number of hydrogen-bond donors (Lipinski definition) is 2. The van der Waals surface area contributed by atoms with Crippen LogP contribution >= 0.6 is 0 Å². The summed E-state index contributed by atoms with van der Waals surface area (Å²) in [6, 6.07) is 7.92. The molecule has 0 unspecified atom stereocenters. The molecule has 1 aliphatic heterocycles. The van der Waals surface area contributed by atoms with Crippen molar-refractivity contribution in [2.45, 2.75) is 12.8 Å². The Hall–Kier alpha value is -2.96. The maximum Gasteiger partial charge on any atom is 0.228 e. The number of nitrogens with one attached hydrogen (secondary N) is 2. The molecule has 2 aromatic carbocycles. The van der Waals surface area contributed by atoms with E-state index in [1.165, 1.54) is 0 Å². The number of carbonyl (C=O) groups excluding carboxylic acids is 2. The fourth-order valence-electron chi connectivity index (χ4n) is 2.35. The van der Waals surface area contributed by atoms with Crippen LogP contribution in [0.2, 0.25) is 0 Å². The molecule has 1 heterocycles. The van der Waals surface area contributed by atoms with Crippen molar-refractivity contribution in [2.24, 2.45) is 0 Å². The smallest absolute Gasteiger partial charge is 0.228 e. The third kappa shape index (κ3) is 3.68. The fourth-order valence-corrected chi connectivity index (χ4v) is 2.35. The lowest BCUT2D eigenvalue weighted by molar-refractivity contribution is -0.116. The lowest BCUT2D eigenvalue weighted by atomic mass is 10.1. The Morgan fingerprint density at radius 3 is 2.83 bits per heavy atom. The summed E-state index contributed by atoms with van der Waals surface area (Å²) in [6.45, 7) is 0.294. The second kappa shape index (κ2) is 6.66. The van der Waals surface area contributed by atoms with Crippen molar-refractivity contribution in [1.29, 1.82) is 0 Å². The summed E-state index contributed by atoms with van der Waals surface area (Å²) >= 11 is 0. The van der Waals surface area contributed by atoms with Crippen LogP contribution in [0.4, 0.5) is 20.2 Å². The molecule has 0 atom stereocenters. The molecule has 0 radical (unpaired) electrons. The summed E-state index contributed by atoms with van der Waals surface area (Å²) in [4.78, 5) is 23.6. The molecule has 0 spiro atoms. The zero-order chi connectivity index (χ0) is 17.1. The largest absolute Gasteiger partial charge is 0.491 e. The van der Waals surface area contributed by atoms with Gasteiger partial charge in [-0.05, 0) is 29.8 Å². The average molecular weight is 332 g/mol. The van der Waals surface area contributed by atoms with E-state index < -0.39 is 17.5 Å². The van der Waals surface area contributed by atoms with E-state index in [0.29, 0.717) is 29.7 Å². The molecule has 24 heavy (non-hydrogen) atoms. The van der Waals surface area contributed by atoms with Gasteiger partial charge in [0.05, 0.1) is 30.8 Å². The molecule has 3 rings (SSSR count). The summed E-state index contributed by atoms with van der Waals surface area (Å²) in [6.07, 6.45) is 0.230. The minimum atomic E-state index is -0.842. The summed E-state index contributed by atoms with van der Waals surface area (Å²) < 4.78 is 31.8. The molecule has 2 N–H and O–H groups in total. The molecular weight excluding hydrogens is 318 g/mol. The quantitative estimate of drug-likeness (QED) is 0.908. The molecule has 1 aliphatic rings. The Bertz CT molecular complexity index is 808. The minimum absolute atomic E-state index is 0.0278. The van der Waals surface area contributed by atoms with E-state index in [9.17, 15) is 18.4 Å². The normalized spacial score (nSPS) is 13.3. The van der Waals surface area contributed by atoms with Gasteiger partial charge in [-0.1, -0.05) is 6.07 Å². The monoisotopic (exact) mass is 332 g/mol. The molecule has 0 fully saturated rings. The van der Waals surface area contributed by atoms with Gasteiger partial charge >= 0.3 is 0 Å². The van der Waals surface area contributed by atoms with Crippen LogP contribution in [0.5, 0.6) is 5.75 Å². The Kier molecular flexibility index (Phi) is 4.41. The van der Waals surface area contributed by atoms with Crippen molar-refractivity contribution in [1.82, 2.24) is 0 Å². The van der Waals surface area contributed by atoms with E-state index in [1.54, 1.807) is 18.2 Å². The van der Waals surface area contributed by atoms with E-state index in [4.69, 9.17) is 4.74 Å². The summed E-state index contributed by atoms with van der Waals surface area (Å²) in [5.41, 5.74) is 1.03. The predicted octanol–water partition coefficient (Wildman–Crippen LogP) is 2.87. The van der Waals surface area contributed by atoms with Crippen LogP contribution in [-0.2, 0) is 16.0 Å². The van der Waals surface area contributed by atoms with E-state index >= 15 is 0 Å². The molecule has 0 aromatic heterocycles. The number of carbonyl (C=O) groups is 2. The summed E-state index contributed by atoms with van der Waals surface area (Å²) in [5, 5.41) is 5.09. The third-order valence-electron chi connectivity index (χ3n) is 3.47. The van der Waals surface area contributed by atoms with Crippen LogP contribution < -0.4 is 15.4 Å². The number of rotatable bonds is 3. The van der Waals surface area contributed by atoms with Gasteiger partial charge in [-0.3, -0.25) is 9.59 Å². The highest BCUT2D eigenvalue weighted by Gasteiger charge is 2.15. The Balaban J connectivity index is 1.71. The van der Waals surface area contributed by atoms with Gasteiger partial charge < -0.3 is 15.4 Å². The number of amides is 2. The highest BCUT2D eigenvalue weighted by molar-refractivity contribution is 5.94. The van der Waals surface area contributed by atoms with Gasteiger partial charge in [0.15, 0.2) is 0 Å². The average Bonchev–Trinajstić information content (AvgIpc) is 2.70. The maximum atomic E-state index is 13.5. The van der Waals surface area contributed by atoms with E-state index in [2.05, 4.69) is 10.6 Å². The Morgan fingerprint density at radius 2 is 2.04 bits per heavy atom. The molecule has 2 aromatic rings. The fraction of sp³-hybridized carbons (Fsp3) is 0.176. The lowest BCUT2D eigenvalue weighted by Gasteiger charge is -2.10. The van der Waals surface area contributed by atoms with Crippen molar-refractivity contribution in [2.75, 3.05) is 17.2 Å². The van der Waals surface area contributed by atoms with E-state index in [1.807, 2.05) is 0 Å². The first-order chi connectivity index (χ1) is 11.5.